The molecule has 0 spiro atoms. The van der Waals surface area contributed by atoms with Gasteiger partial charge in [0.2, 0.25) is 10.0 Å². The molecule has 1 unspecified atom stereocenters. The molecule has 1 fully saturated rings. The number of nitrogens with one attached hydrogen (secondary N) is 1. The van der Waals surface area contributed by atoms with Gasteiger partial charge in [-0.25, -0.2) is 13.1 Å². The largest absolute Gasteiger partial charge is 0.397 e. The van der Waals surface area contributed by atoms with E-state index in [-0.39, 0.29) is 11.5 Å². The van der Waals surface area contributed by atoms with Gasteiger partial charge in [0.05, 0.1) is 16.3 Å². The topological polar surface area (TPSA) is 95.7 Å². The van der Waals surface area contributed by atoms with E-state index in [4.69, 9.17) is 10.8 Å². The third-order valence-electron chi connectivity index (χ3n) is 3.74. The monoisotopic (exact) mass is 299 g/mol. The highest BCUT2D eigenvalue weighted by atomic mass is 32.2. The van der Waals surface area contributed by atoms with Crippen molar-refractivity contribution in [3.05, 3.63) is 18.2 Å². The van der Waals surface area contributed by atoms with Crippen LogP contribution in [-0.4, -0.2) is 40.3 Å². The molecule has 1 aromatic carbocycles. The molecule has 1 heterocycles. The van der Waals surface area contributed by atoms with Crippen LogP contribution in [0.5, 0.6) is 0 Å². The summed E-state index contributed by atoms with van der Waals surface area (Å²) in [6.45, 7) is 1.93. The standard InChI is InChI=1S/C13H21N3O3S/c1-15-20(18,19)11-2-3-13(12(14)8-11)16-6-4-10(9-16)5-7-17/h2-3,8,10,15,17H,4-7,9,14H2,1H3. The molecule has 2 rings (SSSR count). The van der Waals surface area contributed by atoms with Crippen molar-refractivity contribution >= 4 is 21.4 Å². The number of rotatable bonds is 5. The highest BCUT2D eigenvalue weighted by molar-refractivity contribution is 7.89. The van der Waals surface area contributed by atoms with Gasteiger partial charge in [0, 0.05) is 19.7 Å². The molecule has 6 nitrogen and oxygen atoms in total. The number of hydrogen-bond acceptors (Lipinski definition) is 5. The average Bonchev–Trinajstić information content (AvgIpc) is 2.87. The molecule has 0 aromatic heterocycles. The SMILES string of the molecule is CNS(=O)(=O)c1ccc(N2CCC(CCO)C2)c(N)c1. The van der Waals surface area contributed by atoms with Crippen molar-refractivity contribution in [1.82, 2.24) is 4.72 Å². The molecule has 1 aliphatic heterocycles. The van der Waals surface area contributed by atoms with E-state index in [0.717, 1.165) is 31.6 Å². The van der Waals surface area contributed by atoms with Gasteiger partial charge in [-0.05, 0) is 44.0 Å². The van der Waals surface area contributed by atoms with Gasteiger partial charge in [-0.2, -0.15) is 0 Å². The van der Waals surface area contributed by atoms with E-state index in [2.05, 4.69) is 9.62 Å². The minimum absolute atomic E-state index is 0.173. The number of anilines is 2. The molecule has 112 valence electrons. The molecule has 0 amide bonds. The molecule has 20 heavy (non-hydrogen) atoms. The lowest BCUT2D eigenvalue weighted by Crippen LogP contribution is -2.22. The van der Waals surface area contributed by atoms with Gasteiger partial charge in [0.25, 0.3) is 0 Å². The molecule has 1 aliphatic rings. The second-order valence-corrected chi connectivity index (χ2v) is 6.93. The van der Waals surface area contributed by atoms with E-state index >= 15 is 0 Å². The Morgan fingerprint density at radius 1 is 1.50 bits per heavy atom. The summed E-state index contributed by atoms with van der Waals surface area (Å²) in [7, 11) is -2.09. The zero-order valence-corrected chi connectivity index (χ0v) is 12.4. The van der Waals surface area contributed by atoms with Gasteiger partial charge < -0.3 is 15.7 Å². The van der Waals surface area contributed by atoms with E-state index in [1.54, 1.807) is 12.1 Å². The Morgan fingerprint density at radius 2 is 2.25 bits per heavy atom. The van der Waals surface area contributed by atoms with E-state index in [0.29, 0.717) is 11.6 Å². The minimum atomic E-state index is -3.46. The van der Waals surface area contributed by atoms with Crippen LogP contribution < -0.4 is 15.4 Å². The van der Waals surface area contributed by atoms with E-state index in [1.165, 1.54) is 13.1 Å². The predicted molar refractivity (Wildman–Crippen MR) is 79.1 cm³/mol. The third kappa shape index (κ3) is 3.05. The Kier molecular flexibility index (Phi) is 4.52. The molecule has 0 bridgehead atoms. The normalized spacial score (nSPS) is 19.5. The summed E-state index contributed by atoms with van der Waals surface area (Å²) in [5.41, 5.74) is 7.31. The molecular weight excluding hydrogens is 278 g/mol. The molecule has 0 aliphatic carbocycles. The van der Waals surface area contributed by atoms with Crippen LogP contribution in [0.3, 0.4) is 0 Å². The second-order valence-electron chi connectivity index (χ2n) is 5.04. The first-order valence-electron chi connectivity index (χ1n) is 6.67. The van der Waals surface area contributed by atoms with Gasteiger partial charge in [-0.1, -0.05) is 0 Å². The highest BCUT2D eigenvalue weighted by Gasteiger charge is 2.24. The van der Waals surface area contributed by atoms with Crippen LogP contribution in [0, 0.1) is 5.92 Å². The van der Waals surface area contributed by atoms with Crippen LogP contribution >= 0.6 is 0 Å². The number of nitrogen functional groups attached to an aromatic ring is 1. The van der Waals surface area contributed by atoms with Crippen molar-refractivity contribution < 1.29 is 13.5 Å². The first-order valence-corrected chi connectivity index (χ1v) is 8.15. The van der Waals surface area contributed by atoms with Crippen LogP contribution in [0.25, 0.3) is 0 Å². The predicted octanol–water partition coefficient (Wildman–Crippen LogP) is 0.386. The fourth-order valence-electron chi connectivity index (χ4n) is 2.58. The van der Waals surface area contributed by atoms with Crippen LogP contribution in [0.1, 0.15) is 12.8 Å². The summed E-state index contributed by atoms with van der Waals surface area (Å²) in [5, 5.41) is 8.97. The first kappa shape index (κ1) is 15.1. The van der Waals surface area contributed by atoms with Gasteiger partial charge in [0.15, 0.2) is 0 Å². The van der Waals surface area contributed by atoms with Crippen molar-refractivity contribution in [2.45, 2.75) is 17.7 Å². The Hall–Kier alpha value is -1.31. The van der Waals surface area contributed by atoms with Gasteiger partial charge in [-0.3, -0.25) is 0 Å². The number of sulfonamides is 1. The molecule has 4 N–H and O–H groups in total. The second kappa shape index (κ2) is 5.99. The number of aliphatic hydroxyl groups excluding tert-OH is 1. The zero-order valence-electron chi connectivity index (χ0n) is 11.5. The Bertz CT molecular complexity index is 574. The van der Waals surface area contributed by atoms with Crippen molar-refractivity contribution in [1.29, 1.82) is 0 Å². The fraction of sp³-hybridized carbons (Fsp3) is 0.538. The van der Waals surface area contributed by atoms with Crippen LogP contribution in [0.2, 0.25) is 0 Å². The first-order chi connectivity index (χ1) is 9.47. The number of nitrogens with zero attached hydrogens (tertiary/aromatic N) is 1. The summed E-state index contributed by atoms with van der Waals surface area (Å²) in [6, 6.07) is 4.80. The number of benzene rings is 1. The molecule has 7 heteroatoms. The van der Waals surface area contributed by atoms with Crippen LogP contribution in [0.15, 0.2) is 23.1 Å². The van der Waals surface area contributed by atoms with Crippen molar-refractivity contribution in [3.8, 4) is 0 Å². The summed E-state index contributed by atoms with van der Waals surface area (Å²) < 4.78 is 25.7. The minimum Gasteiger partial charge on any atom is -0.397 e. The molecule has 0 saturated carbocycles. The van der Waals surface area contributed by atoms with Gasteiger partial charge >= 0.3 is 0 Å². The maximum absolute atomic E-state index is 11.7. The Balaban J connectivity index is 2.19. The number of hydrogen-bond donors (Lipinski definition) is 3. The maximum Gasteiger partial charge on any atom is 0.240 e. The van der Waals surface area contributed by atoms with Crippen molar-refractivity contribution in [2.24, 2.45) is 5.92 Å². The molecule has 1 atom stereocenters. The molecule has 1 aromatic rings. The quantitative estimate of drug-likeness (QED) is 0.683. The zero-order chi connectivity index (χ0) is 14.8. The lowest BCUT2D eigenvalue weighted by molar-refractivity contribution is 0.263. The van der Waals surface area contributed by atoms with Crippen molar-refractivity contribution in [2.75, 3.05) is 37.4 Å². The van der Waals surface area contributed by atoms with Crippen molar-refractivity contribution in [3.63, 3.8) is 0 Å². The Labute approximate surface area is 119 Å². The number of nitrogens with two attached hydrogens (primary N) is 1. The van der Waals surface area contributed by atoms with Gasteiger partial charge in [-0.15, -0.1) is 0 Å². The third-order valence-corrected chi connectivity index (χ3v) is 5.15. The Morgan fingerprint density at radius 3 is 2.85 bits per heavy atom. The molecule has 1 saturated heterocycles. The maximum atomic E-state index is 11.7. The average molecular weight is 299 g/mol. The van der Waals surface area contributed by atoms with E-state index in [9.17, 15) is 8.42 Å². The highest BCUT2D eigenvalue weighted by Crippen LogP contribution is 2.31. The van der Waals surface area contributed by atoms with Crippen LogP contribution in [-0.2, 0) is 10.0 Å². The van der Waals surface area contributed by atoms with Gasteiger partial charge in [0.1, 0.15) is 0 Å². The lowest BCUT2D eigenvalue weighted by Gasteiger charge is -2.21. The summed E-state index contributed by atoms with van der Waals surface area (Å²) in [4.78, 5) is 2.32. The molecular formula is C13H21N3O3S. The van der Waals surface area contributed by atoms with Crippen LogP contribution in [0.4, 0.5) is 11.4 Å². The fourth-order valence-corrected chi connectivity index (χ4v) is 3.34. The molecule has 0 radical (unpaired) electrons. The summed E-state index contributed by atoms with van der Waals surface area (Å²) in [5.74, 6) is 0.472. The lowest BCUT2D eigenvalue weighted by atomic mass is 10.1. The smallest absolute Gasteiger partial charge is 0.240 e. The van der Waals surface area contributed by atoms with E-state index in [1.807, 2.05) is 0 Å². The summed E-state index contributed by atoms with van der Waals surface area (Å²) >= 11 is 0. The number of aliphatic hydroxyl groups is 1. The van der Waals surface area contributed by atoms with E-state index < -0.39 is 10.0 Å². The summed E-state index contributed by atoms with van der Waals surface area (Å²) in [6.07, 6.45) is 1.82.